The number of piperidine rings is 1. The van der Waals surface area contributed by atoms with Crippen LogP contribution in [0, 0.1) is 0 Å². The number of rotatable bonds is 5. The lowest BCUT2D eigenvalue weighted by Crippen LogP contribution is -2.36. The third-order valence-electron chi connectivity index (χ3n) is 5.24. The van der Waals surface area contributed by atoms with E-state index in [0.29, 0.717) is 22.4 Å². The zero-order valence-electron chi connectivity index (χ0n) is 16.4. The van der Waals surface area contributed by atoms with Gasteiger partial charge in [-0.05, 0) is 37.5 Å². The summed E-state index contributed by atoms with van der Waals surface area (Å²) in [6, 6.07) is 14.6. The minimum atomic E-state index is -0.396. The number of nitrogens with zero attached hydrogens (tertiary/aromatic N) is 1. The number of nitrogens with one attached hydrogen (secondary N) is 1. The second-order valence-corrected chi connectivity index (χ2v) is 7.19. The molecule has 150 valence electrons. The maximum atomic E-state index is 13.0. The van der Waals surface area contributed by atoms with Crippen LogP contribution < -0.4 is 5.32 Å². The fourth-order valence-corrected chi connectivity index (χ4v) is 3.79. The third kappa shape index (κ3) is 3.89. The molecule has 2 heterocycles. The van der Waals surface area contributed by atoms with E-state index in [9.17, 15) is 9.59 Å². The molecule has 2 amide bonds. The van der Waals surface area contributed by atoms with E-state index in [1.54, 1.807) is 25.3 Å². The lowest BCUT2D eigenvalue weighted by atomic mass is 10.1. The van der Waals surface area contributed by atoms with E-state index < -0.39 is 5.91 Å². The topological polar surface area (TPSA) is 71.8 Å². The van der Waals surface area contributed by atoms with Gasteiger partial charge in [-0.3, -0.25) is 9.59 Å². The molecule has 1 N–H and O–H groups in total. The van der Waals surface area contributed by atoms with Crippen molar-refractivity contribution in [3.05, 3.63) is 65.4 Å². The molecule has 2 aromatic carbocycles. The molecule has 1 saturated heterocycles. The summed E-state index contributed by atoms with van der Waals surface area (Å²) < 4.78 is 11.1. The zero-order chi connectivity index (χ0) is 20.2. The molecule has 6 nitrogen and oxygen atoms in total. The molecule has 0 aliphatic carbocycles. The highest BCUT2D eigenvalue weighted by Crippen LogP contribution is 2.28. The molecule has 0 unspecified atom stereocenters. The van der Waals surface area contributed by atoms with E-state index >= 15 is 0 Å². The number of amides is 2. The summed E-state index contributed by atoms with van der Waals surface area (Å²) in [5.41, 5.74) is 2.30. The summed E-state index contributed by atoms with van der Waals surface area (Å²) in [5, 5.41) is 3.72. The van der Waals surface area contributed by atoms with Crippen molar-refractivity contribution < 1.29 is 18.7 Å². The number of likely N-dealkylation sites (tertiary alicyclic amines) is 1. The summed E-state index contributed by atoms with van der Waals surface area (Å²) in [6.07, 6.45) is 3.18. The first-order valence-electron chi connectivity index (χ1n) is 9.88. The summed E-state index contributed by atoms with van der Waals surface area (Å²) in [4.78, 5) is 27.9. The van der Waals surface area contributed by atoms with Gasteiger partial charge in [-0.25, -0.2) is 0 Å². The number of hydrogen-bond donors (Lipinski definition) is 1. The first-order valence-corrected chi connectivity index (χ1v) is 9.88. The second-order valence-electron chi connectivity index (χ2n) is 7.19. The SMILES string of the molecule is COCc1c(C(=O)Nc2ccccc2C(=O)N2CCCCC2)oc2ccccc12. The molecule has 4 rings (SSSR count). The number of carbonyl (C=O) groups excluding carboxylic acids is 2. The largest absolute Gasteiger partial charge is 0.451 e. The molecule has 1 aliphatic rings. The van der Waals surface area contributed by atoms with Crippen LogP contribution in [0.25, 0.3) is 11.0 Å². The van der Waals surface area contributed by atoms with Crippen molar-refractivity contribution in [3.8, 4) is 0 Å². The average Bonchev–Trinajstić information content (AvgIpc) is 3.13. The van der Waals surface area contributed by atoms with E-state index in [2.05, 4.69) is 5.32 Å². The number of benzene rings is 2. The van der Waals surface area contributed by atoms with Gasteiger partial charge < -0.3 is 19.4 Å². The van der Waals surface area contributed by atoms with Crippen molar-refractivity contribution >= 4 is 28.5 Å². The van der Waals surface area contributed by atoms with Gasteiger partial charge in [0.2, 0.25) is 0 Å². The smallest absolute Gasteiger partial charge is 0.291 e. The highest BCUT2D eigenvalue weighted by atomic mass is 16.5. The van der Waals surface area contributed by atoms with Gasteiger partial charge in [-0.15, -0.1) is 0 Å². The molecule has 1 aromatic heterocycles. The number of ether oxygens (including phenoxy) is 1. The number of anilines is 1. The Bertz CT molecular complexity index is 1030. The normalized spacial score (nSPS) is 14.2. The van der Waals surface area contributed by atoms with Gasteiger partial charge in [0.25, 0.3) is 11.8 Å². The van der Waals surface area contributed by atoms with Crippen LogP contribution in [0.2, 0.25) is 0 Å². The zero-order valence-corrected chi connectivity index (χ0v) is 16.4. The predicted molar refractivity (Wildman–Crippen MR) is 111 cm³/mol. The Kier molecular flexibility index (Phi) is 5.62. The summed E-state index contributed by atoms with van der Waals surface area (Å²) in [6.45, 7) is 1.76. The molecular formula is C23H24N2O4. The fraction of sp³-hybridized carbons (Fsp3) is 0.304. The first kappa shape index (κ1) is 19.2. The first-order chi connectivity index (χ1) is 14.2. The molecule has 3 aromatic rings. The molecule has 1 aliphatic heterocycles. The van der Waals surface area contributed by atoms with Crippen molar-refractivity contribution in [2.45, 2.75) is 25.9 Å². The van der Waals surface area contributed by atoms with Crippen LogP contribution in [0.4, 0.5) is 5.69 Å². The second kappa shape index (κ2) is 8.49. The van der Waals surface area contributed by atoms with E-state index in [1.165, 1.54) is 0 Å². The van der Waals surface area contributed by atoms with Crippen LogP contribution in [-0.2, 0) is 11.3 Å². The Morgan fingerprint density at radius 3 is 2.55 bits per heavy atom. The molecule has 6 heteroatoms. The van der Waals surface area contributed by atoms with Crippen molar-refractivity contribution in [1.29, 1.82) is 0 Å². The Morgan fingerprint density at radius 1 is 1.03 bits per heavy atom. The van der Waals surface area contributed by atoms with Crippen molar-refractivity contribution in [3.63, 3.8) is 0 Å². The van der Waals surface area contributed by atoms with Crippen LogP contribution in [0.3, 0.4) is 0 Å². The summed E-state index contributed by atoms with van der Waals surface area (Å²) in [7, 11) is 1.58. The Balaban J connectivity index is 1.63. The van der Waals surface area contributed by atoms with Gasteiger partial charge in [-0.1, -0.05) is 30.3 Å². The van der Waals surface area contributed by atoms with Crippen LogP contribution in [-0.4, -0.2) is 36.9 Å². The molecular weight excluding hydrogens is 368 g/mol. The number of fused-ring (bicyclic) bond motifs is 1. The standard InChI is InChI=1S/C23H24N2O4/c1-28-15-18-16-9-4-6-12-20(16)29-21(18)22(26)24-19-11-5-3-10-17(19)23(27)25-13-7-2-8-14-25/h3-6,9-12H,2,7-8,13-15H2,1H3,(H,24,26). The Labute approximate surface area is 169 Å². The minimum absolute atomic E-state index is 0.0534. The highest BCUT2D eigenvalue weighted by molar-refractivity contribution is 6.10. The van der Waals surface area contributed by atoms with Crippen LogP contribution >= 0.6 is 0 Å². The van der Waals surface area contributed by atoms with Gasteiger partial charge in [0.05, 0.1) is 17.9 Å². The lowest BCUT2D eigenvalue weighted by Gasteiger charge is -2.27. The monoisotopic (exact) mass is 392 g/mol. The number of hydrogen-bond acceptors (Lipinski definition) is 4. The molecule has 0 atom stereocenters. The number of methoxy groups -OCH3 is 1. The van der Waals surface area contributed by atoms with Crippen LogP contribution in [0.5, 0.6) is 0 Å². The van der Waals surface area contributed by atoms with E-state index in [0.717, 1.165) is 37.7 Å². The maximum Gasteiger partial charge on any atom is 0.291 e. The number of furan rings is 1. The van der Waals surface area contributed by atoms with Gasteiger partial charge in [0.1, 0.15) is 5.58 Å². The van der Waals surface area contributed by atoms with E-state index in [4.69, 9.17) is 9.15 Å². The predicted octanol–water partition coefficient (Wildman–Crippen LogP) is 4.46. The quantitative estimate of drug-likeness (QED) is 0.696. The molecule has 0 saturated carbocycles. The van der Waals surface area contributed by atoms with Crippen molar-refractivity contribution in [1.82, 2.24) is 4.90 Å². The molecule has 0 bridgehead atoms. The van der Waals surface area contributed by atoms with Gasteiger partial charge in [0, 0.05) is 31.1 Å². The third-order valence-corrected chi connectivity index (χ3v) is 5.24. The Morgan fingerprint density at radius 2 is 1.76 bits per heavy atom. The van der Waals surface area contributed by atoms with Gasteiger partial charge in [0.15, 0.2) is 5.76 Å². The average molecular weight is 392 g/mol. The summed E-state index contributed by atoms with van der Waals surface area (Å²) >= 11 is 0. The lowest BCUT2D eigenvalue weighted by molar-refractivity contribution is 0.0725. The highest BCUT2D eigenvalue weighted by Gasteiger charge is 2.24. The molecule has 0 radical (unpaired) electrons. The van der Waals surface area contributed by atoms with Crippen molar-refractivity contribution in [2.24, 2.45) is 0 Å². The Hall–Kier alpha value is -3.12. The fourth-order valence-electron chi connectivity index (χ4n) is 3.79. The van der Waals surface area contributed by atoms with Crippen LogP contribution in [0.15, 0.2) is 52.9 Å². The molecule has 0 spiro atoms. The van der Waals surface area contributed by atoms with Crippen LogP contribution in [0.1, 0.15) is 45.7 Å². The van der Waals surface area contributed by atoms with Gasteiger partial charge in [-0.2, -0.15) is 0 Å². The molecule has 1 fully saturated rings. The summed E-state index contributed by atoms with van der Waals surface area (Å²) in [5.74, 6) is -0.247. The number of para-hydroxylation sites is 2. The number of carbonyl (C=O) groups is 2. The maximum absolute atomic E-state index is 13.0. The molecule has 29 heavy (non-hydrogen) atoms. The minimum Gasteiger partial charge on any atom is -0.451 e. The van der Waals surface area contributed by atoms with Crippen molar-refractivity contribution in [2.75, 3.05) is 25.5 Å². The van der Waals surface area contributed by atoms with E-state index in [-0.39, 0.29) is 18.3 Å². The van der Waals surface area contributed by atoms with E-state index in [1.807, 2.05) is 35.2 Å². The van der Waals surface area contributed by atoms with Gasteiger partial charge >= 0.3 is 0 Å².